The first-order valence-electron chi connectivity index (χ1n) is 7.81. The second-order valence-electron chi connectivity index (χ2n) is 6.55. The summed E-state index contributed by atoms with van der Waals surface area (Å²) in [7, 11) is -0.127. The average Bonchev–Trinajstić information content (AvgIpc) is 2.57. The Morgan fingerprint density at radius 1 is 0.960 bits per heavy atom. The van der Waals surface area contributed by atoms with Crippen LogP contribution in [0.25, 0.3) is 0 Å². The zero-order valence-corrected chi connectivity index (χ0v) is 17.9. The van der Waals surface area contributed by atoms with Crippen LogP contribution >= 0.6 is 22.6 Å². The van der Waals surface area contributed by atoms with Crippen LogP contribution in [-0.2, 0) is 4.74 Å². The molecule has 0 saturated carbocycles. The van der Waals surface area contributed by atoms with E-state index >= 15 is 0 Å². The van der Waals surface area contributed by atoms with Gasteiger partial charge in [0.1, 0.15) is 8.07 Å². The van der Waals surface area contributed by atoms with E-state index in [2.05, 4.69) is 65.5 Å². The van der Waals surface area contributed by atoms with Crippen molar-refractivity contribution < 1.29 is 9.53 Å². The molecule has 0 heterocycles. The number of carbonyl (C=O) groups is 1. The second kappa shape index (κ2) is 8.38. The Morgan fingerprint density at radius 3 is 2.20 bits per heavy atom. The number of methoxy groups -OCH3 is 1. The lowest BCUT2D eigenvalue weighted by molar-refractivity contribution is 0.0600. The molecule has 2 rings (SSSR count). The lowest BCUT2D eigenvalue weighted by Gasteiger charge is -2.05. The van der Waals surface area contributed by atoms with E-state index in [-0.39, 0.29) is 5.97 Å². The van der Waals surface area contributed by atoms with E-state index in [1.54, 1.807) is 12.1 Å². The van der Waals surface area contributed by atoms with Gasteiger partial charge in [-0.3, -0.25) is 0 Å². The van der Waals surface area contributed by atoms with Gasteiger partial charge < -0.3 is 4.74 Å². The molecule has 126 valence electrons. The second-order valence-corrected chi connectivity index (χ2v) is 12.5. The summed E-state index contributed by atoms with van der Waals surface area (Å²) in [6.07, 6.45) is 0. The SMILES string of the molecule is COC(=O)c1cc(C#Cc2cccc(I)c2)cc(C#C[Si](C)(C)C)c1. The number of benzene rings is 2. The molecular weight excluding hydrogens is 439 g/mol. The van der Waals surface area contributed by atoms with Gasteiger partial charge in [0.15, 0.2) is 0 Å². The average molecular weight is 458 g/mol. The first-order valence-corrected chi connectivity index (χ1v) is 12.4. The topological polar surface area (TPSA) is 26.3 Å². The summed E-state index contributed by atoms with van der Waals surface area (Å²) in [6.45, 7) is 6.55. The zero-order chi connectivity index (χ0) is 18.4. The number of esters is 1. The molecule has 4 heteroatoms. The Hall–Kier alpha value is -2.02. The Bertz CT molecular complexity index is 919. The fourth-order valence-electron chi connectivity index (χ4n) is 1.98. The fraction of sp³-hybridized carbons (Fsp3) is 0.190. The quantitative estimate of drug-likeness (QED) is 0.268. The van der Waals surface area contributed by atoms with Gasteiger partial charge in [-0.1, -0.05) is 43.5 Å². The minimum atomic E-state index is -1.50. The monoisotopic (exact) mass is 458 g/mol. The molecule has 0 fully saturated rings. The normalized spacial score (nSPS) is 10.1. The van der Waals surface area contributed by atoms with Crippen LogP contribution in [0.2, 0.25) is 19.6 Å². The maximum Gasteiger partial charge on any atom is 0.337 e. The molecule has 0 atom stereocenters. The summed E-state index contributed by atoms with van der Waals surface area (Å²) in [4.78, 5) is 11.9. The van der Waals surface area contributed by atoms with E-state index in [9.17, 15) is 4.79 Å². The highest BCUT2D eigenvalue weighted by Gasteiger charge is 2.10. The van der Waals surface area contributed by atoms with E-state index in [1.807, 2.05) is 30.3 Å². The molecule has 0 N–H and O–H groups in total. The minimum Gasteiger partial charge on any atom is -0.465 e. The van der Waals surface area contributed by atoms with Crippen LogP contribution in [0, 0.1) is 26.9 Å². The Morgan fingerprint density at radius 2 is 1.60 bits per heavy atom. The molecule has 0 saturated heterocycles. The standard InChI is InChI=1S/C21H19IO2Si/c1-24-21(23)19-13-17(9-8-16-6-5-7-20(22)15-16)12-18(14-19)10-11-25(2,3)4/h5-7,12-15H,1-4H3. The molecule has 0 amide bonds. The molecule has 2 aromatic rings. The number of hydrogen-bond acceptors (Lipinski definition) is 2. The lowest BCUT2D eigenvalue weighted by Crippen LogP contribution is -2.16. The summed E-state index contributed by atoms with van der Waals surface area (Å²) >= 11 is 2.26. The van der Waals surface area contributed by atoms with Crippen LogP contribution in [0.4, 0.5) is 0 Å². The van der Waals surface area contributed by atoms with Gasteiger partial charge in [-0.15, -0.1) is 5.54 Å². The summed E-state index contributed by atoms with van der Waals surface area (Å²) < 4.78 is 5.98. The van der Waals surface area contributed by atoms with Crippen molar-refractivity contribution in [2.24, 2.45) is 0 Å². The summed E-state index contributed by atoms with van der Waals surface area (Å²) in [6, 6.07) is 13.4. The van der Waals surface area contributed by atoms with Crippen LogP contribution in [0.5, 0.6) is 0 Å². The van der Waals surface area contributed by atoms with Gasteiger partial charge in [0.05, 0.1) is 12.7 Å². The highest BCUT2D eigenvalue weighted by atomic mass is 127. The molecule has 0 bridgehead atoms. The smallest absolute Gasteiger partial charge is 0.337 e. The fourth-order valence-corrected chi connectivity index (χ4v) is 3.04. The predicted octanol–water partition coefficient (Wildman–Crippen LogP) is 4.71. The summed E-state index contributed by atoms with van der Waals surface area (Å²) in [5, 5.41) is 0. The maximum atomic E-state index is 11.9. The van der Waals surface area contributed by atoms with E-state index in [4.69, 9.17) is 4.74 Å². The van der Waals surface area contributed by atoms with Crippen LogP contribution in [0.1, 0.15) is 27.0 Å². The molecule has 0 aliphatic rings. The Labute approximate surface area is 164 Å². The van der Waals surface area contributed by atoms with Crippen molar-refractivity contribution in [3.63, 3.8) is 0 Å². The molecule has 0 unspecified atom stereocenters. The molecular formula is C21H19IO2Si. The van der Waals surface area contributed by atoms with Gasteiger partial charge in [-0.05, 0) is 59.0 Å². The molecule has 0 aromatic heterocycles. The molecule has 0 aliphatic heterocycles. The lowest BCUT2D eigenvalue weighted by atomic mass is 10.1. The highest BCUT2D eigenvalue weighted by molar-refractivity contribution is 14.1. The Balaban J connectivity index is 2.46. The van der Waals surface area contributed by atoms with Crippen molar-refractivity contribution in [1.82, 2.24) is 0 Å². The Kier molecular flexibility index (Phi) is 6.47. The van der Waals surface area contributed by atoms with Crippen molar-refractivity contribution in [3.05, 3.63) is 68.3 Å². The molecule has 2 aromatic carbocycles. The van der Waals surface area contributed by atoms with Crippen LogP contribution < -0.4 is 0 Å². The maximum absolute atomic E-state index is 11.9. The first kappa shape index (κ1) is 19.3. The van der Waals surface area contributed by atoms with Crippen LogP contribution in [-0.4, -0.2) is 21.2 Å². The summed E-state index contributed by atoms with van der Waals surface area (Å²) in [5.41, 5.74) is 6.26. The molecule has 0 aliphatic carbocycles. The number of ether oxygens (including phenoxy) is 1. The molecule has 0 radical (unpaired) electrons. The van der Waals surface area contributed by atoms with E-state index in [0.29, 0.717) is 5.56 Å². The van der Waals surface area contributed by atoms with Crippen LogP contribution in [0.3, 0.4) is 0 Å². The number of carbonyl (C=O) groups excluding carboxylic acids is 1. The van der Waals surface area contributed by atoms with E-state index in [0.717, 1.165) is 20.3 Å². The molecule has 25 heavy (non-hydrogen) atoms. The van der Waals surface area contributed by atoms with Crippen molar-refractivity contribution in [2.45, 2.75) is 19.6 Å². The number of rotatable bonds is 1. The summed E-state index contributed by atoms with van der Waals surface area (Å²) in [5.74, 6) is 9.07. The number of halogens is 1. The van der Waals surface area contributed by atoms with Gasteiger partial charge in [0.25, 0.3) is 0 Å². The van der Waals surface area contributed by atoms with Crippen molar-refractivity contribution >= 4 is 36.6 Å². The third kappa shape index (κ3) is 6.41. The first-order chi connectivity index (χ1) is 11.8. The third-order valence-electron chi connectivity index (χ3n) is 3.11. The molecule has 2 nitrogen and oxygen atoms in total. The van der Waals surface area contributed by atoms with Crippen molar-refractivity contribution in [2.75, 3.05) is 7.11 Å². The van der Waals surface area contributed by atoms with Gasteiger partial charge in [-0.2, -0.15) is 0 Å². The van der Waals surface area contributed by atoms with E-state index in [1.165, 1.54) is 7.11 Å². The minimum absolute atomic E-state index is 0.381. The van der Waals surface area contributed by atoms with E-state index < -0.39 is 8.07 Å². The van der Waals surface area contributed by atoms with Crippen molar-refractivity contribution in [3.8, 4) is 23.3 Å². The van der Waals surface area contributed by atoms with Gasteiger partial charge >= 0.3 is 5.97 Å². The van der Waals surface area contributed by atoms with Gasteiger partial charge in [0.2, 0.25) is 0 Å². The third-order valence-corrected chi connectivity index (χ3v) is 4.66. The van der Waals surface area contributed by atoms with Crippen molar-refractivity contribution in [1.29, 1.82) is 0 Å². The van der Waals surface area contributed by atoms with Crippen LogP contribution in [0.15, 0.2) is 42.5 Å². The van der Waals surface area contributed by atoms with Gasteiger partial charge in [0, 0.05) is 20.3 Å². The molecule has 0 spiro atoms. The highest BCUT2D eigenvalue weighted by Crippen LogP contribution is 2.12. The largest absolute Gasteiger partial charge is 0.465 e. The zero-order valence-electron chi connectivity index (χ0n) is 14.7. The predicted molar refractivity (Wildman–Crippen MR) is 113 cm³/mol. The van der Waals surface area contributed by atoms with Gasteiger partial charge in [-0.25, -0.2) is 4.79 Å². The number of hydrogen-bond donors (Lipinski definition) is 0.